The molecule has 0 saturated carbocycles. The minimum atomic E-state index is -1.04. The van der Waals surface area contributed by atoms with E-state index < -0.39 is 11.7 Å². The highest BCUT2D eigenvalue weighted by Gasteiger charge is 2.45. The molecule has 0 saturated heterocycles. The molecule has 1 aliphatic rings. The Balaban J connectivity index is 2.09. The first-order chi connectivity index (χ1) is 11.7. The highest BCUT2D eigenvalue weighted by Crippen LogP contribution is 2.46. The van der Waals surface area contributed by atoms with E-state index in [0.717, 1.165) is 16.7 Å². The monoisotopic (exact) mass is 335 g/mol. The van der Waals surface area contributed by atoms with E-state index >= 15 is 0 Å². The summed E-state index contributed by atoms with van der Waals surface area (Å²) < 4.78 is 5.92. The van der Waals surface area contributed by atoms with E-state index in [4.69, 9.17) is 16.3 Å². The maximum absolute atomic E-state index is 12.3. The number of halogens is 1. The third-order valence-corrected chi connectivity index (χ3v) is 4.44. The smallest absolute Gasteiger partial charge is 0.413 e. The molecule has 0 bridgehead atoms. The number of anilines is 1. The van der Waals surface area contributed by atoms with Crippen LogP contribution in [0.1, 0.15) is 16.7 Å². The van der Waals surface area contributed by atoms with E-state index in [1.54, 1.807) is 12.1 Å². The maximum Gasteiger partial charge on any atom is 0.413 e. The summed E-state index contributed by atoms with van der Waals surface area (Å²) in [6, 6.07) is 24.8. The fourth-order valence-electron chi connectivity index (χ4n) is 3.19. The number of carbonyl (C=O) groups is 1. The van der Waals surface area contributed by atoms with Crippen molar-refractivity contribution >= 4 is 23.4 Å². The Hall–Kier alpha value is -2.78. The van der Waals surface area contributed by atoms with Gasteiger partial charge in [-0.3, -0.25) is 5.32 Å². The molecule has 4 heteroatoms. The third-order valence-electron chi connectivity index (χ3n) is 4.20. The van der Waals surface area contributed by atoms with E-state index in [9.17, 15) is 4.79 Å². The van der Waals surface area contributed by atoms with E-state index in [0.29, 0.717) is 10.7 Å². The summed E-state index contributed by atoms with van der Waals surface area (Å²) in [5.74, 6) is 0. The molecule has 0 aromatic heterocycles. The molecular weight excluding hydrogens is 322 g/mol. The molecule has 1 aliphatic heterocycles. The van der Waals surface area contributed by atoms with Gasteiger partial charge in [-0.1, -0.05) is 72.3 Å². The number of hydrogen-bond donors (Lipinski definition) is 1. The summed E-state index contributed by atoms with van der Waals surface area (Å²) in [5.41, 5.74) is 2.21. The Morgan fingerprint density at radius 1 is 0.833 bits per heavy atom. The lowest BCUT2D eigenvalue weighted by atomic mass is 9.78. The number of benzene rings is 3. The molecule has 0 radical (unpaired) electrons. The van der Waals surface area contributed by atoms with Crippen molar-refractivity contribution < 1.29 is 9.53 Å². The Morgan fingerprint density at radius 2 is 1.42 bits per heavy atom. The normalized spacial score (nSPS) is 15.1. The van der Waals surface area contributed by atoms with Gasteiger partial charge in [0.25, 0.3) is 0 Å². The third kappa shape index (κ3) is 2.25. The van der Waals surface area contributed by atoms with Crippen LogP contribution in [0.3, 0.4) is 0 Å². The first-order valence-electron chi connectivity index (χ1n) is 7.61. The van der Waals surface area contributed by atoms with Gasteiger partial charge >= 0.3 is 6.09 Å². The van der Waals surface area contributed by atoms with Crippen LogP contribution in [0.5, 0.6) is 0 Å². The van der Waals surface area contributed by atoms with Gasteiger partial charge in [0.15, 0.2) is 5.60 Å². The van der Waals surface area contributed by atoms with Crippen molar-refractivity contribution in [2.45, 2.75) is 5.60 Å². The molecule has 3 nitrogen and oxygen atoms in total. The number of amides is 1. The quantitative estimate of drug-likeness (QED) is 0.699. The standard InChI is InChI=1S/C20H14ClNO2/c21-16-11-12-18-17(13-16)20(24-19(23)22-18,14-7-3-1-4-8-14)15-9-5-2-6-10-15/h1-13H,(H,22,23). The first kappa shape index (κ1) is 14.8. The summed E-state index contributed by atoms with van der Waals surface area (Å²) in [4.78, 5) is 12.3. The molecule has 1 amide bonds. The summed E-state index contributed by atoms with van der Waals surface area (Å²) in [7, 11) is 0. The number of nitrogens with one attached hydrogen (secondary N) is 1. The number of hydrogen-bond acceptors (Lipinski definition) is 2. The van der Waals surface area contributed by atoms with Crippen LogP contribution in [0.2, 0.25) is 5.02 Å². The Kier molecular flexibility index (Phi) is 3.51. The highest BCUT2D eigenvalue weighted by atomic mass is 35.5. The average molecular weight is 336 g/mol. The minimum Gasteiger partial charge on any atom is -0.428 e. The lowest BCUT2D eigenvalue weighted by molar-refractivity contribution is 0.0739. The van der Waals surface area contributed by atoms with Gasteiger partial charge in [0.05, 0.1) is 5.69 Å². The van der Waals surface area contributed by atoms with Crippen LogP contribution < -0.4 is 5.32 Å². The van der Waals surface area contributed by atoms with Crippen LogP contribution in [0.15, 0.2) is 78.9 Å². The number of rotatable bonds is 2. The zero-order chi connectivity index (χ0) is 16.6. The van der Waals surface area contributed by atoms with Gasteiger partial charge in [-0.25, -0.2) is 4.79 Å². The van der Waals surface area contributed by atoms with Crippen LogP contribution in [-0.4, -0.2) is 6.09 Å². The van der Waals surface area contributed by atoms with E-state index in [2.05, 4.69) is 5.32 Å². The zero-order valence-electron chi connectivity index (χ0n) is 12.7. The fourth-order valence-corrected chi connectivity index (χ4v) is 3.36. The van der Waals surface area contributed by atoms with Gasteiger partial charge in [-0.05, 0) is 18.2 Å². The molecule has 0 spiro atoms. The van der Waals surface area contributed by atoms with Gasteiger partial charge < -0.3 is 4.74 Å². The molecule has 1 heterocycles. The molecule has 0 fully saturated rings. The maximum atomic E-state index is 12.3. The first-order valence-corrected chi connectivity index (χ1v) is 7.99. The molecule has 118 valence electrons. The number of fused-ring (bicyclic) bond motifs is 1. The highest BCUT2D eigenvalue weighted by molar-refractivity contribution is 6.30. The van der Waals surface area contributed by atoms with Crippen molar-refractivity contribution in [1.82, 2.24) is 0 Å². The summed E-state index contributed by atoms with van der Waals surface area (Å²) in [6.07, 6.45) is -0.488. The van der Waals surface area contributed by atoms with Crippen LogP contribution in [0.25, 0.3) is 0 Å². The second kappa shape index (κ2) is 5.69. The second-order valence-corrected chi connectivity index (χ2v) is 6.05. The van der Waals surface area contributed by atoms with Crippen molar-refractivity contribution in [2.24, 2.45) is 0 Å². The SMILES string of the molecule is O=C1Nc2ccc(Cl)cc2C(c2ccccc2)(c2ccccc2)O1. The molecular formula is C20H14ClNO2. The fraction of sp³-hybridized carbons (Fsp3) is 0.0500. The van der Waals surface area contributed by atoms with Crippen molar-refractivity contribution in [3.63, 3.8) is 0 Å². The number of cyclic esters (lactones) is 1. The Bertz CT molecular complexity index is 855. The van der Waals surface area contributed by atoms with E-state index in [1.165, 1.54) is 0 Å². The second-order valence-electron chi connectivity index (χ2n) is 5.62. The zero-order valence-corrected chi connectivity index (χ0v) is 13.5. The molecule has 3 aromatic rings. The van der Waals surface area contributed by atoms with Crippen LogP contribution in [0.4, 0.5) is 10.5 Å². The van der Waals surface area contributed by atoms with Crippen LogP contribution >= 0.6 is 11.6 Å². The summed E-state index contributed by atoms with van der Waals surface area (Å²) in [5, 5.41) is 3.35. The van der Waals surface area contributed by atoms with Crippen molar-refractivity contribution in [3.8, 4) is 0 Å². The molecule has 0 aliphatic carbocycles. The molecule has 0 atom stereocenters. The largest absolute Gasteiger partial charge is 0.428 e. The number of carbonyl (C=O) groups excluding carboxylic acids is 1. The van der Waals surface area contributed by atoms with Gasteiger partial charge in [0, 0.05) is 21.7 Å². The lowest BCUT2D eigenvalue weighted by Crippen LogP contribution is -2.41. The predicted octanol–water partition coefficient (Wildman–Crippen LogP) is 5.19. The van der Waals surface area contributed by atoms with Gasteiger partial charge in [-0.15, -0.1) is 0 Å². The molecule has 24 heavy (non-hydrogen) atoms. The van der Waals surface area contributed by atoms with Crippen molar-refractivity contribution in [3.05, 3.63) is 101 Å². The average Bonchev–Trinajstić information content (AvgIpc) is 2.63. The topological polar surface area (TPSA) is 38.3 Å². The number of ether oxygens (including phenoxy) is 1. The van der Waals surface area contributed by atoms with Gasteiger partial charge in [0.2, 0.25) is 0 Å². The molecule has 4 rings (SSSR count). The van der Waals surface area contributed by atoms with E-state index in [1.807, 2.05) is 66.7 Å². The van der Waals surface area contributed by atoms with Gasteiger partial charge in [0.1, 0.15) is 0 Å². The molecule has 0 unspecified atom stereocenters. The lowest BCUT2D eigenvalue weighted by Gasteiger charge is -2.39. The Morgan fingerprint density at radius 3 is 2.00 bits per heavy atom. The summed E-state index contributed by atoms with van der Waals surface area (Å²) >= 11 is 6.25. The Labute approximate surface area is 144 Å². The predicted molar refractivity (Wildman–Crippen MR) is 94.3 cm³/mol. The van der Waals surface area contributed by atoms with Crippen LogP contribution in [-0.2, 0) is 10.3 Å². The van der Waals surface area contributed by atoms with Crippen LogP contribution in [0, 0.1) is 0 Å². The van der Waals surface area contributed by atoms with Crippen molar-refractivity contribution in [1.29, 1.82) is 0 Å². The molecule has 3 aromatic carbocycles. The minimum absolute atomic E-state index is 0.488. The molecule has 1 N–H and O–H groups in total. The van der Waals surface area contributed by atoms with Crippen molar-refractivity contribution in [2.75, 3.05) is 5.32 Å². The van der Waals surface area contributed by atoms with Gasteiger partial charge in [-0.2, -0.15) is 0 Å². The van der Waals surface area contributed by atoms with E-state index in [-0.39, 0.29) is 0 Å². The summed E-state index contributed by atoms with van der Waals surface area (Å²) in [6.45, 7) is 0.